The van der Waals surface area contributed by atoms with Crippen LogP contribution in [0.5, 0.6) is 5.75 Å². The predicted molar refractivity (Wildman–Crippen MR) is 204 cm³/mol. The molecule has 3 amide bonds. The van der Waals surface area contributed by atoms with Crippen LogP contribution in [0.1, 0.15) is 62.1 Å². The number of anilines is 1. The van der Waals surface area contributed by atoms with E-state index in [1.807, 2.05) is 44.2 Å². The highest BCUT2D eigenvalue weighted by Gasteiger charge is 2.57. The number of halogens is 2. The Morgan fingerprint density at radius 1 is 1.00 bits per heavy atom. The highest BCUT2D eigenvalue weighted by atomic mass is 35.5. The van der Waals surface area contributed by atoms with Gasteiger partial charge in [0.05, 0.1) is 11.3 Å². The first kappa shape index (κ1) is 35.1. The second-order valence-electron chi connectivity index (χ2n) is 14.9. The Balaban J connectivity index is 1.40. The van der Waals surface area contributed by atoms with Gasteiger partial charge in [-0.05, 0) is 35.1 Å². The van der Waals surface area contributed by atoms with Crippen molar-refractivity contribution in [2.75, 3.05) is 5.32 Å². The van der Waals surface area contributed by atoms with Crippen molar-refractivity contribution in [3.63, 3.8) is 0 Å². The van der Waals surface area contributed by atoms with E-state index >= 15 is 4.79 Å². The van der Waals surface area contributed by atoms with Gasteiger partial charge in [0, 0.05) is 34.0 Å². The van der Waals surface area contributed by atoms with E-state index in [0.29, 0.717) is 44.4 Å². The van der Waals surface area contributed by atoms with Crippen LogP contribution in [-0.4, -0.2) is 55.0 Å². The lowest BCUT2D eigenvalue weighted by atomic mass is 9.71. The fourth-order valence-corrected chi connectivity index (χ4v) is 8.52. The zero-order valence-electron chi connectivity index (χ0n) is 29.9. The van der Waals surface area contributed by atoms with Crippen molar-refractivity contribution in [3.8, 4) is 39.8 Å². The molecule has 6 aromatic rings. The molecule has 6 heterocycles. The number of hydrogen-bond acceptors (Lipinski definition) is 9. The molecule has 0 radical (unpaired) electrons. The number of carbonyl (C=O) groups excluding carboxylic acids is 3. The molecule has 280 valence electrons. The number of para-hydroxylation sites is 1. The average Bonchev–Trinajstić information content (AvgIpc) is 3.90. The third kappa shape index (κ3) is 5.06. The van der Waals surface area contributed by atoms with Gasteiger partial charge in [0.2, 0.25) is 23.6 Å². The molecule has 0 saturated heterocycles. The zero-order valence-corrected chi connectivity index (χ0v) is 31.4. The second kappa shape index (κ2) is 12.4. The molecule has 3 aliphatic heterocycles. The van der Waals surface area contributed by atoms with Crippen LogP contribution in [0.25, 0.3) is 44.9 Å². The fraction of sp³-hybridized carbons (Fsp3) is 0.275. The van der Waals surface area contributed by atoms with Gasteiger partial charge in [-0.15, -0.1) is 0 Å². The van der Waals surface area contributed by atoms with Crippen molar-refractivity contribution in [1.29, 1.82) is 0 Å². The van der Waals surface area contributed by atoms with Crippen molar-refractivity contribution in [2.24, 2.45) is 11.8 Å². The number of phenolic OH excluding ortho intramolecular Hbond substituents is 1. The summed E-state index contributed by atoms with van der Waals surface area (Å²) in [7, 11) is 0. The number of amides is 3. The Morgan fingerprint density at radius 3 is 2.53 bits per heavy atom. The van der Waals surface area contributed by atoms with Crippen LogP contribution in [-0.2, 0) is 26.2 Å². The number of aromatic amines is 1. The van der Waals surface area contributed by atoms with Crippen LogP contribution in [0.4, 0.5) is 5.69 Å². The highest BCUT2D eigenvalue weighted by Crippen LogP contribution is 2.57. The Kier molecular flexibility index (Phi) is 7.94. The van der Waals surface area contributed by atoms with Crippen molar-refractivity contribution in [1.82, 2.24) is 25.6 Å². The van der Waals surface area contributed by atoms with Gasteiger partial charge in [-0.3, -0.25) is 14.4 Å². The molecule has 13 nitrogen and oxygen atoms in total. The Hall–Kier alpha value is -5.63. The summed E-state index contributed by atoms with van der Waals surface area (Å²) in [5.41, 5.74) is 2.09. The van der Waals surface area contributed by atoms with E-state index in [9.17, 15) is 19.8 Å². The number of aliphatic hydroxyl groups is 1. The van der Waals surface area contributed by atoms with Gasteiger partial charge < -0.3 is 40.0 Å². The second-order valence-corrected chi connectivity index (χ2v) is 15.6. The Bertz CT molecular complexity index is 2630. The molecule has 9 rings (SSSR count). The van der Waals surface area contributed by atoms with E-state index in [0.717, 1.165) is 0 Å². The van der Waals surface area contributed by atoms with Gasteiger partial charge in [0.15, 0.2) is 27.8 Å². The lowest BCUT2D eigenvalue weighted by molar-refractivity contribution is -0.135. The van der Waals surface area contributed by atoms with Gasteiger partial charge in [0.25, 0.3) is 5.89 Å². The van der Waals surface area contributed by atoms with Crippen molar-refractivity contribution < 1.29 is 33.4 Å². The summed E-state index contributed by atoms with van der Waals surface area (Å²) in [6, 6.07) is 13.7. The number of aliphatic hydroxyl groups excluding tert-OH is 1. The average molecular weight is 782 g/mol. The van der Waals surface area contributed by atoms with E-state index in [-0.39, 0.29) is 63.0 Å². The molecule has 3 aromatic heterocycles. The van der Waals surface area contributed by atoms with Gasteiger partial charge in [-0.25, -0.2) is 4.98 Å². The molecule has 0 fully saturated rings. The van der Waals surface area contributed by atoms with Gasteiger partial charge in [-0.2, -0.15) is 4.98 Å². The number of rotatable bonds is 4. The number of H-pyrrole nitrogens is 1. The quantitative estimate of drug-likeness (QED) is 0.114. The molecule has 3 aliphatic rings. The van der Waals surface area contributed by atoms with Gasteiger partial charge in [0.1, 0.15) is 29.1 Å². The standard InChI is InChI=1S/C40H34Cl2N6O7/c1-15(2)27-37-46-29-32(55-37)40(21-13-17(11-12-24(21)49)14-23(35(51)45-27)44-36(52)30(50)16(3)4)20-9-5-8-19(28(20)47-39(40)53)18-7-6-10-22-25(18)26(33(41)43-22)31-34(42)48-38(29)54-31/h5-13,15-16,23,27,30,43,49-50H,14H2,1-4H3,(H,44,52)(H,45,51)(H,47,53). The molecular formula is C40H34Cl2N6O7. The molecule has 0 aliphatic carbocycles. The number of aromatic hydroxyl groups is 1. The van der Waals surface area contributed by atoms with Crippen LogP contribution < -0.4 is 16.0 Å². The molecule has 10 bridgehead atoms. The van der Waals surface area contributed by atoms with E-state index in [2.05, 4.69) is 25.9 Å². The number of hydrogen-bond donors (Lipinski definition) is 6. The predicted octanol–water partition coefficient (Wildman–Crippen LogP) is 6.63. The molecule has 3 aromatic carbocycles. The summed E-state index contributed by atoms with van der Waals surface area (Å²) in [4.78, 5) is 55.3. The SMILES string of the molecule is CC(C)C(O)C(=O)NC1Cc2ccc(O)c(c2)C23C(=O)Nc4c(cccc42)-c2cccc4[nH]c(Cl)c(c24)-c2oc(nc2Cl)-c2nc(oc23)C(C(C)C)NC1=O. The van der Waals surface area contributed by atoms with Crippen LogP contribution in [0, 0.1) is 11.8 Å². The third-order valence-corrected chi connectivity index (χ3v) is 11.3. The molecule has 1 spiro atoms. The molecule has 55 heavy (non-hydrogen) atoms. The van der Waals surface area contributed by atoms with Gasteiger partial charge in [-0.1, -0.05) is 93.4 Å². The number of phenols is 1. The van der Waals surface area contributed by atoms with Crippen LogP contribution in [0.15, 0.2) is 63.4 Å². The van der Waals surface area contributed by atoms with E-state index < -0.39 is 47.2 Å². The normalized spacial score (nSPS) is 20.3. The maximum Gasteiger partial charge on any atom is 0.250 e. The van der Waals surface area contributed by atoms with E-state index in [1.165, 1.54) is 6.07 Å². The summed E-state index contributed by atoms with van der Waals surface area (Å²) in [6.07, 6.45) is -1.43. The summed E-state index contributed by atoms with van der Waals surface area (Å²) in [6.45, 7) is 7.08. The molecule has 6 N–H and O–H groups in total. The Labute approximate surface area is 323 Å². The molecule has 15 heteroatoms. The minimum atomic E-state index is -1.91. The lowest BCUT2D eigenvalue weighted by Gasteiger charge is -2.30. The van der Waals surface area contributed by atoms with Crippen molar-refractivity contribution in [2.45, 2.75) is 57.7 Å². The summed E-state index contributed by atoms with van der Waals surface area (Å²) >= 11 is 13.7. The smallest absolute Gasteiger partial charge is 0.250 e. The topological polar surface area (TPSA) is 196 Å². The van der Waals surface area contributed by atoms with E-state index in [4.69, 9.17) is 37.0 Å². The number of nitrogens with zero attached hydrogens (tertiary/aromatic N) is 2. The Morgan fingerprint density at radius 2 is 1.76 bits per heavy atom. The summed E-state index contributed by atoms with van der Waals surface area (Å²) < 4.78 is 13.2. The summed E-state index contributed by atoms with van der Waals surface area (Å²) in [5.74, 6) is -2.84. The number of nitrogens with one attached hydrogen (secondary N) is 4. The largest absolute Gasteiger partial charge is 0.508 e. The lowest BCUT2D eigenvalue weighted by Crippen LogP contribution is -2.52. The number of benzene rings is 3. The van der Waals surface area contributed by atoms with Crippen molar-refractivity contribution in [3.05, 3.63) is 93.2 Å². The van der Waals surface area contributed by atoms with Crippen LogP contribution >= 0.6 is 23.2 Å². The van der Waals surface area contributed by atoms with Crippen molar-refractivity contribution >= 4 is 57.5 Å². The molecule has 4 atom stereocenters. The number of oxazole rings is 2. The maximum atomic E-state index is 15.2. The maximum absolute atomic E-state index is 15.2. The van der Waals surface area contributed by atoms with Gasteiger partial charge >= 0.3 is 0 Å². The minimum Gasteiger partial charge on any atom is -0.508 e. The molecule has 4 unspecified atom stereocenters. The monoisotopic (exact) mass is 780 g/mol. The minimum absolute atomic E-state index is 0.00201. The number of fused-ring (bicyclic) bond motifs is 8. The van der Waals surface area contributed by atoms with Crippen LogP contribution in [0.2, 0.25) is 10.3 Å². The molecular weight excluding hydrogens is 747 g/mol. The highest BCUT2D eigenvalue weighted by molar-refractivity contribution is 6.37. The summed E-state index contributed by atoms with van der Waals surface area (Å²) in [5, 5.41) is 32.2. The first-order chi connectivity index (χ1) is 26.3. The first-order valence-corrected chi connectivity index (χ1v) is 18.6. The first-order valence-electron chi connectivity index (χ1n) is 17.8. The number of carbonyl (C=O) groups is 3. The molecule has 0 saturated carbocycles. The third-order valence-electron chi connectivity index (χ3n) is 10.8. The number of aromatic nitrogens is 3. The van der Waals surface area contributed by atoms with Crippen LogP contribution in [0.3, 0.4) is 0 Å². The fourth-order valence-electron chi connectivity index (χ4n) is 8.03. The van der Waals surface area contributed by atoms with E-state index in [1.54, 1.807) is 32.0 Å². The zero-order chi connectivity index (χ0) is 38.7.